The number of rotatable bonds is 3. The van der Waals surface area contributed by atoms with Gasteiger partial charge in [-0.1, -0.05) is 0 Å². The van der Waals surface area contributed by atoms with Gasteiger partial charge in [-0.15, -0.1) is 13.2 Å². The van der Waals surface area contributed by atoms with Gasteiger partial charge < -0.3 is 14.8 Å². The summed E-state index contributed by atoms with van der Waals surface area (Å²) >= 11 is 0. The van der Waals surface area contributed by atoms with Crippen LogP contribution >= 0.6 is 0 Å². The van der Waals surface area contributed by atoms with Crippen molar-refractivity contribution in [2.24, 2.45) is 0 Å². The number of carboxylic acid groups (broad SMARTS) is 1. The molecule has 0 spiro atoms. The Hall–Kier alpha value is -2.51. The standard InChI is InChI=1S/C11H7F3N2O3/c12-11(13,14)19-7-3-1-6(2-4-8(17)18)9-10(7)16-5-15-9/h1-5H,(H,15,16)(H,17,18)/b4-2+. The highest BCUT2D eigenvalue weighted by atomic mass is 19.4. The van der Waals surface area contributed by atoms with E-state index in [4.69, 9.17) is 5.11 Å². The minimum absolute atomic E-state index is 0.0462. The van der Waals surface area contributed by atoms with Gasteiger partial charge in [-0.2, -0.15) is 0 Å². The molecule has 0 unspecified atom stereocenters. The van der Waals surface area contributed by atoms with Gasteiger partial charge in [-0.25, -0.2) is 9.78 Å². The van der Waals surface area contributed by atoms with Crippen molar-refractivity contribution < 1.29 is 27.8 Å². The van der Waals surface area contributed by atoms with E-state index in [1.807, 2.05) is 0 Å². The number of fused-ring (bicyclic) bond motifs is 1. The maximum atomic E-state index is 12.2. The molecule has 0 fully saturated rings. The fraction of sp³-hybridized carbons (Fsp3) is 0.0909. The van der Waals surface area contributed by atoms with Crippen LogP contribution in [-0.2, 0) is 4.79 Å². The molecule has 1 aromatic carbocycles. The third-order valence-electron chi connectivity index (χ3n) is 2.20. The molecule has 0 aliphatic rings. The largest absolute Gasteiger partial charge is 0.573 e. The Labute approximate surface area is 104 Å². The Morgan fingerprint density at radius 1 is 1.42 bits per heavy atom. The number of halogens is 3. The molecule has 2 rings (SSSR count). The summed E-state index contributed by atoms with van der Waals surface area (Å²) in [5.41, 5.74) is 0.609. The summed E-state index contributed by atoms with van der Waals surface area (Å²) in [7, 11) is 0. The zero-order valence-corrected chi connectivity index (χ0v) is 9.23. The number of imidazole rings is 1. The van der Waals surface area contributed by atoms with E-state index in [-0.39, 0.29) is 11.0 Å². The first-order valence-corrected chi connectivity index (χ1v) is 4.99. The Morgan fingerprint density at radius 2 is 2.16 bits per heavy atom. The van der Waals surface area contributed by atoms with E-state index in [0.717, 1.165) is 12.1 Å². The maximum Gasteiger partial charge on any atom is 0.573 e. The first-order valence-electron chi connectivity index (χ1n) is 4.99. The molecule has 0 saturated heterocycles. The van der Waals surface area contributed by atoms with Gasteiger partial charge in [0, 0.05) is 11.6 Å². The molecule has 0 saturated carbocycles. The molecule has 5 nitrogen and oxygen atoms in total. The lowest BCUT2D eigenvalue weighted by atomic mass is 10.1. The molecule has 0 amide bonds. The zero-order chi connectivity index (χ0) is 14.0. The van der Waals surface area contributed by atoms with Crippen LogP contribution in [0.15, 0.2) is 24.5 Å². The van der Waals surface area contributed by atoms with Crippen molar-refractivity contribution in [3.63, 3.8) is 0 Å². The number of aromatic amines is 1. The molecule has 0 radical (unpaired) electrons. The lowest BCUT2D eigenvalue weighted by Gasteiger charge is -2.09. The lowest BCUT2D eigenvalue weighted by Crippen LogP contribution is -2.17. The molecule has 2 aromatic rings. The molecule has 100 valence electrons. The van der Waals surface area contributed by atoms with E-state index in [2.05, 4.69) is 14.7 Å². The Bertz CT molecular complexity index is 646. The number of aliphatic carboxylic acids is 1. The Balaban J connectivity index is 2.47. The van der Waals surface area contributed by atoms with Gasteiger partial charge in [0.25, 0.3) is 0 Å². The molecular formula is C11H7F3N2O3. The van der Waals surface area contributed by atoms with Crippen LogP contribution in [0.4, 0.5) is 13.2 Å². The third-order valence-corrected chi connectivity index (χ3v) is 2.20. The number of nitrogens with one attached hydrogen (secondary N) is 1. The average molecular weight is 272 g/mol. The number of aromatic nitrogens is 2. The van der Waals surface area contributed by atoms with Gasteiger partial charge in [-0.3, -0.25) is 0 Å². The second kappa shape index (κ2) is 4.63. The van der Waals surface area contributed by atoms with E-state index in [9.17, 15) is 18.0 Å². The number of hydrogen-bond donors (Lipinski definition) is 2. The fourth-order valence-corrected chi connectivity index (χ4v) is 1.53. The summed E-state index contributed by atoms with van der Waals surface area (Å²) in [4.78, 5) is 16.8. The lowest BCUT2D eigenvalue weighted by molar-refractivity contribution is -0.274. The molecule has 1 aromatic heterocycles. The average Bonchev–Trinajstić information content (AvgIpc) is 2.75. The van der Waals surface area contributed by atoms with Crippen LogP contribution in [0.5, 0.6) is 5.75 Å². The maximum absolute atomic E-state index is 12.2. The number of benzene rings is 1. The van der Waals surface area contributed by atoms with Crippen LogP contribution in [-0.4, -0.2) is 27.4 Å². The van der Waals surface area contributed by atoms with Gasteiger partial charge in [-0.05, 0) is 18.2 Å². The molecule has 0 aliphatic carbocycles. The van der Waals surface area contributed by atoms with Gasteiger partial charge >= 0.3 is 12.3 Å². The topological polar surface area (TPSA) is 75.2 Å². The smallest absolute Gasteiger partial charge is 0.478 e. The summed E-state index contributed by atoms with van der Waals surface area (Å²) in [5.74, 6) is -1.59. The highest BCUT2D eigenvalue weighted by Crippen LogP contribution is 2.30. The molecule has 19 heavy (non-hydrogen) atoms. The number of carboxylic acids is 1. The molecule has 0 bridgehead atoms. The zero-order valence-electron chi connectivity index (χ0n) is 9.23. The molecule has 0 aliphatic heterocycles. The summed E-state index contributed by atoms with van der Waals surface area (Å²) in [5, 5.41) is 8.52. The van der Waals surface area contributed by atoms with E-state index in [1.165, 1.54) is 18.5 Å². The van der Waals surface area contributed by atoms with Crippen molar-refractivity contribution in [3.05, 3.63) is 30.1 Å². The van der Waals surface area contributed by atoms with E-state index < -0.39 is 18.1 Å². The second-order valence-corrected chi connectivity index (χ2v) is 3.50. The first-order chi connectivity index (χ1) is 8.87. The predicted molar refractivity (Wildman–Crippen MR) is 59.4 cm³/mol. The number of nitrogens with zero attached hydrogens (tertiary/aromatic N) is 1. The van der Waals surface area contributed by atoms with Crippen LogP contribution in [0, 0.1) is 0 Å². The van der Waals surface area contributed by atoms with Crippen LogP contribution in [0.2, 0.25) is 0 Å². The van der Waals surface area contributed by atoms with Crippen molar-refractivity contribution in [2.75, 3.05) is 0 Å². The summed E-state index contributed by atoms with van der Waals surface area (Å²) < 4.78 is 40.4. The van der Waals surface area contributed by atoms with Crippen molar-refractivity contribution in [2.45, 2.75) is 6.36 Å². The van der Waals surface area contributed by atoms with E-state index in [1.54, 1.807) is 0 Å². The molecule has 8 heteroatoms. The summed E-state index contributed by atoms with van der Waals surface area (Å²) in [6, 6.07) is 2.39. The van der Waals surface area contributed by atoms with Crippen LogP contribution < -0.4 is 4.74 Å². The van der Waals surface area contributed by atoms with E-state index in [0.29, 0.717) is 5.56 Å². The summed E-state index contributed by atoms with van der Waals surface area (Å²) in [6.07, 6.45) is -1.50. The third kappa shape index (κ3) is 3.03. The van der Waals surface area contributed by atoms with Crippen molar-refractivity contribution in [3.8, 4) is 5.75 Å². The van der Waals surface area contributed by atoms with Crippen LogP contribution in [0.1, 0.15) is 5.56 Å². The SMILES string of the molecule is O=C(O)/C=C/c1ccc(OC(F)(F)F)c2[nH]cnc12. The molecule has 2 N–H and O–H groups in total. The van der Waals surface area contributed by atoms with Crippen molar-refractivity contribution in [1.82, 2.24) is 9.97 Å². The number of hydrogen-bond acceptors (Lipinski definition) is 3. The minimum atomic E-state index is -4.81. The van der Waals surface area contributed by atoms with Gasteiger partial charge in [0.2, 0.25) is 0 Å². The van der Waals surface area contributed by atoms with E-state index >= 15 is 0 Å². The normalized spacial score (nSPS) is 12.2. The predicted octanol–water partition coefficient (Wildman–Crippen LogP) is 2.56. The molecule has 1 heterocycles. The monoisotopic (exact) mass is 272 g/mol. The highest BCUT2D eigenvalue weighted by Gasteiger charge is 2.32. The molecular weight excluding hydrogens is 265 g/mol. The minimum Gasteiger partial charge on any atom is -0.478 e. The fourth-order valence-electron chi connectivity index (χ4n) is 1.53. The Kier molecular flexibility index (Phi) is 3.16. The quantitative estimate of drug-likeness (QED) is 0.842. The summed E-state index contributed by atoms with van der Waals surface area (Å²) in [6.45, 7) is 0. The second-order valence-electron chi connectivity index (χ2n) is 3.50. The number of H-pyrrole nitrogens is 1. The molecule has 0 atom stereocenters. The number of carbonyl (C=O) groups is 1. The number of ether oxygens (including phenoxy) is 1. The first kappa shape index (κ1) is 12.9. The highest BCUT2D eigenvalue weighted by molar-refractivity contribution is 5.93. The van der Waals surface area contributed by atoms with Crippen molar-refractivity contribution >= 4 is 23.1 Å². The van der Waals surface area contributed by atoms with Crippen molar-refractivity contribution in [1.29, 1.82) is 0 Å². The van der Waals surface area contributed by atoms with Gasteiger partial charge in [0.1, 0.15) is 5.52 Å². The van der Waals surface area contributed by atoms with Crippen LogP contribution in [0.25, 0.3) is 17.1 Å². The number of alkyl halides is 3. The Morgan fingerprint density at radius 3 is 2.79 bits per heavy atom. The van der Waals surface area contributed by atoms with Gasteiger partial charge in [0.15, 0.2) is 5.75 Å². The van der Waals surface area contributed by atoms with Gasteiger partial charge in [0.05, 0.1) is 11.8 Å². The van der Waals surface area contributed by atoms with Crippen LogP contribution in [0.3, 0.4) is 0 Å².